The quantitative estimate of drug-likeness (QED) is 0.836. The fraction of sp³-hybridized carbons (Fsp3) is 0.308. The van der Waals surface area contributed by atoms with Crippen LogP contribution in [-0.2, 0) is 4.79 Å². The molecule has 1 fully saturated rings. The first-order chi connectivity index (χ1) is 8.56. The average molecular weight is 286 g/mol. The highest BCUT2D eigenvalue weighted by Gasteiger charge is 2.42. The number of aliphatic hydroxyl groups is 1. The van der Waals surface area contributed by atoms with Crippen LogP contribution < -0.4 is 5.32 Å². The van der Waals surface area contributed by atoms with Gasteiger partial charge in [-0.25, -0.2) is 0 Å². The Hall–Kier alpha value is -1.03. The Morgan fingerprint density at radius 3 is 2.78 bits per heavy atom. The Kier molecular flexibility index (Phi) is 3.95. The van der Waals surface area contributed by atoms with Crippen LogP contribution in [0.4, 0.5) is 0 Å². The predicted molar refractivity (Wildman–Crippen MR) is 72.7 cm³/mol. The van der Waals surface area contributed by atoms with Gasteiger partial charge in [0.05, 0.1) is 22.2 Å². The van der Waals surface area contributed by atoms with Crippen LogP contribution in [-0.4, -0.2) is 23.2 Å². The van der Waals surface area contributed by atoms with E-state index >= 15 is 0 Å². The lowest BCUT2D eigenvalue weighted by atomic mass is 10.2. The normalized spacial score (nSPS) is 16.8. The first-order valence-corrected chi connectivity index (χ1v) is 6.37. The first-order valence-electron chi connectivity index (χ1n) is 5.61. The summed E-state index contributed by atoms with van der Waals surface area (Å²) in [5.74, 6) is -0.238. The molecular weight excluding hydrogens is 273 g/mol. The van der Waals surface area contributed by atoms with E-state index in [1.54, 1.807) is 24.3 Å². The summed E-state index contributed by atoms with van der Waals surface area (Å²) in [5.41, 5.74) is 0.285. The van der Waals surface area contributed by atoms with Gasteiger partial charge in [0.2, 0.25) is 5.91 Å². The zero-order valence-electron chi connectivity index (χ0n) is 9.62. The van der Waals surface area contributed by atoms with Gasteiger partial charge in [0.1, 0.15) is 0 Å². The molecule has 0 atom stereocenters. The van der Waals surface area contributed by atoms with E-state index in [9.17, 15) is 4.79 Å². The molecule has 0 saturated heterocycles. The molecule has 96 valence electrons. The van der Waals surface area contributed by atoms with E-state index in [0.29, 0.717) is 15.6 Å². The van der Waals surface area contributed by atoms with Gasteiger partial charge in [0, 0.05) is 6.08 Å². The summed E-state index contributed by atoms with van der Waals surface area (Å²) in [6.45, 7) is -0.0233. The van der Waals surface area contributed by atoms with Crippen molar-refractivity contribution in [1.29, 1.82) is 0 Å². The van der Waals surface area contributed by atoms with Crippen molar-refractivity contribution >= 4 is 35.2 Å². The molecule has 18 heavy (non-hydrogen) atoms. The minimum absolute atomic E-state index is 0.0233. The molecule has 1 aromatic carbocycles. The molecule has 0 aliphatic heterocycles. The number of carbonyl (C=O) groups excluding carboxylic acids is 1. The van der Waals surface area contributed by atoms with Gasteiger partial charge in [-0.15, -0.1) is 0 Å². The van der Waals surface area contributed by atoms with Crippen LogP contribution in [0.15, 0.2) is 24.3 Å². The lowest BCUT2D eigenvalue weighted by Crippen LogP contribution is -2.38. The number of benzene rings is 1. The zero-order valence-corrected chi connectivity index (χ0v) is 11.1. The number of nitrogens with one attached hydrogen (secondary N) is 1. The fourth-order valence-electron chi connectivity index (χ4n) is 1.59. The molecule has 0 aromatic heterocycles. The summed E-state index contributed by atoms with van der Waals surface area (Å²) in [7, 11) is 0. The third-order valence-corrected chi connectivity index (χ3v) is 3.77. The lowest BCUT2D eigenvalue weighted by Gasteiger charge is -2.11. The highest BCUT2D eigenvalue weighted by atomic mass is 35.5. The molecule has 0 bridgehead atoms. The number of rotatable bonds is 4. The molecule has 1 aromatic rings. The van der Waals surface area contributed by atoms with Crippen molar-refractivity contribution in [3.8, 4) is 0 Å². The van der Waals surface area contributed by atoms with Crippen LogP contribution in [0.3, 0.4) is 0 Å². The van der Waals surface area contributed by atoms with Crippen LogP contribution in [0, 0.1) is 0 Å². The molecule has 1 saturated carbocycles. The molecule has 1 aliphatic carbocycles. The number of carbonyl (C=O) groups is 1. The standard InChI is InChI=1S/C13H13Cl2NO2/c14-10-3-1-2-9(12(10)15)4-5-11(18)16-13(8-17)6-7-13/h1-5,17H,6-8H2,(H,16,18)/b5-4+. The molecular formula is C13H13Cl2NO2. The van der Waals surface area contributed by atoms with Gasteiger partial charge in [-0.05, 0) is 30.5 Å². The maximum Gasteiger partial charge on any atom is 0.244 e. The Bertz CT molecular complexity index is 496. The topological polar surface area (TPSA) is 49.3 Å². The SMILES string of the molecule is O=C(/C=C/c1cccc(Cl)c1Cl)NC1(CO)CC1. The van der Waals surface area contributed by atoms with E-state index in [-0.39, 0.29) is 12.5 Å². The van der Waals surface area contributed by atoms with Gasteiger partial charge in [-0.2, -0.15) is 0 Å². The second-order valence-electron chi connectivity index (χ2n) is 4.40. The molecule has 0 radical (unpaired) electrons. The average Bonchev–Trinajstić information content (AvgIpc) is 3.11. The summed E-state index contributed by atoms with van der Waals surface area (Å²) >= 11 is 11.9. The summed E-state index contributed by atoms with van der Waals surface area (Å²) in [5, 5.41) is 12.7. The molecule has 1 amide bonds. The first kappa shape index (κ1) is 13.4. The Morgan fingerprint density at radius 2 is 2.17 bits per heavy atom. The predicted octanol–water partition coefficient (Wildman–Crippen LogP) is 2.65. The summed E-state index contributed by atoms with van der Waals surface area (Å²) < 4.78 is 0. The van der Waals surface area contributed by atoms with E-state index in [0.717, 1.165) is 12.8 Å². The van der Waals surface area contributed by atoms with Crippen molar-refractivity contribution < 1.29 is 9.90 Å². The minimum atomic E-state index is -0.403. The minimum Gasteiger partial charge on any atom is -0.394 e. The van der Waals surface area contributed by atoms with Crippen molar-refractivity contribution in [2.45, 2.75) is 18.4 Å². The third-order valence-electron chi connectivity index (χ3n) is 2.94. The number of halogens is 2. The van der Waals surface area contributed by atoms with E-state index in [2.05, 4.69) is 5.32 Å². The van der Waals surface area contributed by atoms with Crippen molar-refractivity contribution in [3.05, 3.63) is 39.9 Å². The van der Waals surface area contributed by atoms with Crippen LogP contribution >= 0.6 is 23.2 Å². The molecule has 2 rings (SSSR count). The second-order valence-corrected chi connectivity index (χ2v) is 5.19. The third kappa shape index (κ3) is 3.05. The van der Waals surface area contributed by atoms with Gasteiger partial charge in [0.15, 0.2) is 0 Å². The summed E-state index contributed by atoms with van der Waals surface area (Å²) in [6.07, 6.45) is 4.65. The lowest BCUT2D eigenvalue weighted by molar-refractivity contribution is -0.117. The maximum atomic E-state index is 11.6. The van der Waals surface area contributed by atoms with Crippen molar-refractivity contribution in [1.82, 2.24) is 5.32 Å². The number of aliphatic hydroxyl groups excluding tert-OH is 1. The number of hydrogen-bond acceptors (Lipinski definition) is 2. The highest BCUT2D eigenvalue weighted by Crippen LogP contribution is 2.34. The maximum absolute atomic E-state index is 11.6. The number of amides is 1. The Morgan fingerprint density at radius 1 is 1.44 bits per heavy atom. The van der Waals surface area contributed by atoms with E-state index in [4.69, 9.17) is 28.3 Å². The van der Waals surface area contributed by atoms with Crippen LogP contribution in [0.2, 0.25) is 10.0 Å². The molecule has 1 aliphatic rings. The van der Waals surface area contributed by atoms with E-state index in [1.165, 1.54) is 6.08 Å². The van der Waals surface area contributed by atoms with Gasteiger partial charge in [-0.3, -0.25) is 4.79 Å². The second kappa shape index (κ2) is 5.31. The summed E-state index contributed by atoms with van der Waals surface area (Å²) in [6, 6.07) is 5.23. The van der Waals surface area contributed by atoms with Gasteiger partial charge in [-0.1, -0.05) is 35.3 Å². The highest BCUT2D eigenvalue weighted by molar-refractivity contribution is 6.42. The van der Waals surface area contributed by atoms with Crippen molar-refractivity contribution in [3.63, 3.8) is 0 Å². The van der Waals surface area contributed by atoms with Crippen molar-refractivity contribution in [2.24, 2.45) is 0 Å². The van der Waals surface area contributed by atoms with Gasteiger partial charge >= 0.3 is 0 Å². The molecule has 0 spiro atoms. The van der Waals surface area contributed by atoms with Crippen molar-refractivity contribution in [2.75, 3.05) is 6.61 Å². The molecule has 5 heteroatoms. The van der Waals surface area contributed by atoms with Gasteiger partial charge < -0.3 is 10.4 Å². The van der Waals surface area contributed by atoms with Gasteiger partial charge in [0.25, 0.3) is 0 Å². The summed E-state index contributed by atoms with van der Waals surface area (Å²) in [4.78, 5) is 11.6. The largest absolute Gasteiger partial charge is 0.394 e. The zero-order chi connectivity index (χ0) is 13.2. The van der Waals surface area contributed by atoms with E-state index < -0.39 is 5.54 Å². The molecule has 3 nitrogen and oxygen atoms in total. The molecule has 2 N–H and O–H groups in total. The number of hydrogen-bond donors (Lipinski definition) is 2. The molecule has 0 unspecified atom stereocenters. The monoisotopic (exact) mass is 285 g/mol. The van der Waals surface area contributed by atoms with Crippen LogP contribution in [0.25, 0.3) is 6.08 Å². The Balaban J connectivity index is 2.02. The smallest absolute Gasteiger partial charge is 0.244 e. The van der Waals surface area contributed by atoms with Crippen LogP contribution in [0.5, 0.6) is 0 Å². The molecule has 0 heterocycles. The van der Waals surface area contributed by atoms with E-state index in [1.807, 2.05) is 0 Å². The van der Waals surface area contributed by atoms with Crippen LogP contribution in [0.1, 0.15) is 18.4 Å². The fourth-order valence-corrected chi connectivity index (χ4v) is 1.96. The Labute approximate surface area is 115 Å².